The number of hydrogen-bond acceptors (Lipinski definition) is 3. The van der Waals surface area contributed by atoms with Crippen molar-refractivity contribution in [3.05, 3.63) is 36.4 Å². The highest BCUT2D eigenvalue weighted by Gasteiger charge is 1.99. The van der Waals surface area contributed by atoms with Gasteiger partial charge in [0.2, 0.25) is 0 Å². The summed E-state index contributed by atoms with van der Waals surface area (Å²) in [5, 5.41) is 0. The van der Waals surface area contributed by atoms with Crippen molar-refractivity contribution >= 4 is 17.1 Å². The fraction of sp³-hybridized carbons (Fsp3) is 0.308. The second kappa shape index (κ2) is 5.95. The van der Waals surface area contributed by atoms with Gasteiger partial charge in [-0.25, -0.2) is 4.79 Å². The van der Waals surface area contributed by atoms with Gasteiger partial charge in [0, 0.05) is 5.57 Å². The van der Waals surface area contributed by atoms with Crippen molar-refractivity contribution in [2.45, 2.75) is 20.3 Å². The van der Waals surface area contributed by atoms with E-state index < -0.39 is 0 Å². The van der Waals surface area contributed by atoms with Crippen LogP contribution >= 0.6 is 0 Å². The molecule has 0 fully saturated rings. The Morgan fingerprint density at radius 3 is 2.06 bits per heavy atom. The van der Waals surface area contributed by atoms with Gasteiger partial charge in [-0.1, -0.05) is 13.5 Å². The maximum absolute atomic E-state index is 10.6. The van der Waals surface area contributed by atoms with Gasteiger partial charge in [0.1, 0.15) is 11.2 Å². The van der Waals surface area contributed by atoms with Crippen LogP contribution in [-0.2, 0) is 9.53 Å². The van der Waals surface area contributed by atoms with Gasteiger partial charge in [-0.2, -0.15) is 0 Å². The van der Waals surface area contributed by atoms with Gasteiger partial charge < -0.3 is 9.15 Å². The number of rotatable bonds is 3. The third-order valence-corrected chi connectivity index (χ3v) is 1.85. The molecule has 2 aromatic rings. The number of esters is 1. The summed E-state index contributed by atoms with van der Waals surface area (Å²) >= 11 is 0. The monoisotopic (exact) mass is 220 g/mol. The maximum Gasteiger partial charge on any atom is 0.333 e. The molecule has 3 nitrogen and oxygen atoms in total. The van der Waals surface area contributed by atoms with Crippen LogP contribution in [0.25, 0.3) is 11.2 Å². The summed E-state index contributed by atoms with van der Waals surface area (Å²) in [6, 6.07) is 7.81. The minimum Gasteiger partial charge on any atom is -0.462 e. The van der Waals surface area contributed by atoms with E-state index in [0.717, 1.165) is 17.6 Å². The molecule has 2 aromatic heterocycles. The van der Waals surface area contributed by atoms with Gasteiger partial charge in [-0.3, -0.25) is 0 Å². The molecular formula is C13H16O3. The topological polar surface area (TPSA) is 39.4 Å². The molecule has 0 radical (unpaired) electrons. The fourth-order valence-electron chi connectivity index (χ4n) is 1.03. The molecule has 0 aliphatic rings. The third-order valence-electron chi connectivity index (χ3n) is 1.85. The summed E-state index contributed by atoms with van der Waals surface area (Å²) in [5.74, 6) is -0.295. The largest absolute Gasteiger partial charge is 0.462 e. The van der Waals surface area contributed by atoms with Crippen molar-refractivity contribution in [2.24, 2.45) is 0 Å². The Morgan fingerprint density at radius 1 is 1.31 bits per heavy atom. The van der Waals surface area contributed by atoms with Crippen LogP contribution in [0.15, 0.2) is 40.8 Å². The van der Waals surface area contributed by atoms with Crippen LogP contribution in [0.4, 0.5) is 0 Å². The van der Waals surface area contributed by atoms with Crippen LogP contribution in [0.1, 0.15) is 20.3 Å². The van der Waals surface area contributed by atoms with E-state index >= 15 is 0 Å². The molecule has 0 aliphatic heterocycles. The standard InChI is InChI=1S/C7H12O2.C6H4O/c1-4-5-9-7(8)6(2)3;1-2-6-4-3-5(1)7-6/h2,4-5H2,1,3H3;1-4H. The minimum absolute atomic E-state index is 0.295. The van der Waals surface area contributed by atoms with E-state index in [1.807, 2.05) is 31.2 Å². The minimum atomic E-state index is -0.295. The number of ether oxygens (including phenoxy) is 1. The van der Waals surface area contributed by atoms with E-state index in [-0.39, 0.29) is 5.97 Å². The van der Waals surface area contributed by atoms with Crippen LogP contribution in [0.2, 0.25) is 0 Å². The summed E-state index contributed by atoms with van der Waals surface area (Å²) in [6.07, 6.45) is 0.860. The van der Waals surface area contributed by atoms with E-state index in [1.165, 1.54) is 0 Å². The molecule has 2 heterocycles. The van der Waals surface area contributed by atoms with Crippen molar-refractivity contribution in [2.75, 3.05) is 6.61 Å². The second-order valence-electron chi connectivity index (χ2n) is 3.49. The number of benzene rings is 1. The highest BCUT2D eigenvalue weighted by Crippen LogP contribution is 2.13. The number of fused-ring (bicyclic) bond motifs is 2. The average molecular weight is 220 g/mol. The van der Waals surface area contributed by atoms with Gasteiger partial charge in [-0.05, 0) is 37.6 Å². The SMILES string of the molecule is C=C(C)C(=O)OCCC.c1cc2ccc1o2. The molecule has 0 saturated carbocycles. The zero-order valence-corrected chi connectivity index (χ0v) is 9.66. The molecule has 0 N–H and O–H groups in total. The molecule has 0 aromatic carbocycles. The Kier molecular flexibility index (Phi) is 4.58. The molecule has 16 heavy (non-hydrogen) atoms. The Morgan fingerprint density at radius 2 is 1.81 bits per heavy atom. The molecule has 3 heteroatoms. The molecule has 0 aliphatic carbocycles. The third kappa shape index (κ3) is 3.77. The average Bonchev–Trinajstić information content (AvgIpc) is 2.90. The summed E-state index contributed by atoms with van der Waals surface area (Å²) in [4.78, 5) is 10.6. The zero-order valence-electron chi connectivity index (χ0n) is 9.66. The normalized spacial score (nSPS) is 9.62. The Hall–Kier alpha value is -1.77. The van der Waals surface area contributed by atoms with E-state index in [2.05, 4.69) is 6.58 Å². The lowest BCUT2D eigenvalue weighted by atomic mass is 10.4. The van der Waals surface area contributed by atoms with Crippen LogP contribution < -0.4 is 0 Å². The van der Waals surface area contributed by atoms with E-state index in [9.17, 15) is 4.79 Å². The molecule has 2 rings (SSSR count). The Balaban J connectivity index is 0.000000163. The van der Waals surface area contributed by atoms with Crippen LogP contribution in [0.5, 0.6) is 0 Å². The summed E-state index contributed by atoms with van der Waals surface area (Å²) < 4.78 is 9.80. The summed E-state index contributed by atoms with van der Waals surface area (Å²) in [5.41, 5.74) is 2.40. The first kappa shape index (κ1) is 12.3. The quantitative estimate of drug-likeness (QED) is 0.588. The molecular weight excluding hydrogens is 204 g/mol. The van der Waals surface area contributed by atoms with E-state index in [0.29, 0.717) is 12.2 Å². The Labute approximate surface area is 95.0 Å². The predicted octanol–water partition coefficient (Wildman–Crippen LogP) is 3.39. The first-order chi connectivity index (χ1) is 7.63. The lowest BCUT2D eigenvalue weighted by Crippen LogP contribution is -2.04. The maximum atomic E-state index is 10.6. The summed E-state index contributed by atoms with van der Waals surface area (Å²) in [7, 11) is 0. The molecule has 0 unspecified atom stereocenters. The van der Waals surface area contributed by atoms with Gasteiger partial charge >= 0.3 is 5.97 Å². The Bertz CT molecular complexity index is 397. The van der Waals surface area contributed by atoms with Gasteiger partial charge in [0.15, 0.2) is 0 Å². The van der Waals surface area contributed by atoms with Crippen molar-refractivity contribution in [1.82, 2.24) is 0 Å². The molecule has 0 amide bonds. The van der Waals surface area contributed by atoms with Crippen LogP contribution in [0.3, 0.4) is 0 Å². The van der Waals surface area contributed by atoms with Crippen molar-refractivity contribution in [3.63, 3.8) is 0 Å². The summed E-state index contributed by atoms with van der Waals surface area (Å²) in [6.45, 7) is 7.51. The molecule has 0 spiro atoms. The van der Waals surface area contributed by atoms with Crippen molar-refractivity contribution in [3.8, 4) is 0 Å². The number of furan rings is 2. The van der Waals surface area contributed by atoms with Crippen LogP contribution in [0, 0.1) is 0 Å². The van der Waals surface area contributed by atoms with Gasteiger partial charge in [-0.15, -0.1) is 0 Å². The fourth-order valence-corrected chi connectivity index (χ4v) is 1.03. The molecule has 2 bridgehead atoms. The lowest BCUT2D eigenvalue weighted by molar-refractivity contribution is -0.138. The van der Waals surface area contributed by atoms with Gasteiger partial charge in [0.05, 0.1) is 6.61 Å². The highest BCUT2D eigenvalue weighted by atomic mass is 16.5. The molecule has 0 atom stereocenters. The van der Waals surface area contributed by atoms with Crippen LogP contribution in [-0.4, -0.2) is 12.6 Å². The van der Waals surface area contributed by atoms with E-state index in [1.54, 1.807) is 6.92 Å². The van der Waals surface area contributed by atoms with Crippen molar-refractivity contribution in [1.29, 1.82) is 0 Å². The first-order valence-electron chi connectivity index (χ1n) is 5.24. The number of hydrogen-bond donors (Lipinski definition) is 0. The smallest absolute Gasteiger partial charge is 0.333 e. The molecule has 86 valence electrons. The molecule has 0 saturated heterocycles. The first-order valence-corrected chi connectivity index (χ1v) is 5.24. The van der Waals surface area contributed by atoms with Crippen molar-refractivity contribution < 1.29 is 13.9 Å². The second-order valence-corrected chi connectivity index (χ2v) is 3.49. The highest BCUT2D eigenvalue weighted by molar-refractivity contribution is 5.86. The predicted molar refractivity (Wildman–Crippen MR) is 63.5 cm³/mol. The number of carbonyl (C=O) groups excluding carboxylic acids is 1. The zero-order chi connectivity index (χ0) is 12.0. The van der Waals surface area contributed by atoms with Gasteiger partial charge in [0.25, 0.3) is 0 Å². The van der Waals surface area contributed by atoms with E-state index in [4.69, 9.17) is 9.15 Å². The number of carbonyl (C=O) groups is 1. The lowest BCUT2D eigenvalue weighted by Gasteiger charge is -1.99.